The molecule has 2 aromatic heterocycles. The Bertz CT molecular complexity index is 917. The summed E-state index contributed by atoms with van der Waals surface area (Å²) in [5.74, 6) is 0.442. The molecule has 0 aliphatic carbocycles. The third kappa shape index (κ3) is 3.98. The monoisotopic (exact) mass is 396 g/mol. The van der Waals surface area contributed by atoms with Gasteiger partial charge in [-0.15, -0.1) is 0 Å². The molecule has 0 radical (unpaired) electrons. The quantitative estimate of drug-likeness (QED) is 0.654. The van der Waals surface area contributed by atoms with Gasteiger partial charge >= 0.3 is 6.03 Å². The van der Waals surface area contributed by atoms with E-state index in [0.29, 0.717) is 23.1 Å². The van der Waals surface area contributed by atoms with Crippen molar-refractivity contribution in [1.82, 2.24) is 15.3 Å². The zero-order chi connectivity index (χ0) is 20.0. The van der Waals surface area contributed by atoms with E-state index in [1.54, 1.807) is 25.6 Å². The number of aromatic nitrogens is 2. The minimum atomic E-state index is -0.969. The lowest BCUT2D eigenvalue weighted by molar-refractivity contribution is 0.0545. The van der Waals surface area contributed by atoms with E-state index in [1.165, 1.54) is 0 Å². The number of carbonyl (C=O) groups excluding carboxylic acids is 1. The van der Waals surface area contributed by atoms with Crippen molar-refractivity contribution < 1.29 is 9.53 Å². The number of nitrogens with one attached hydrogen (secondary N) is 2. The predicted octanol–water partition coefficient (Wildman–Crippen LogP) is 4.21. The van der Waals surface area contributed by atoms with Gasteiger partial charge in [-0.25, -0.2) is 9.78 Å². The number of carbonyl (C=O) groups is 1. The van der Waals surface area contributed by atoms with Crippen molar-refractivity contribution in [1.29, 1.82) is 0 Å². The Morgan fingerprint density at radius 2 is 1.82 bits per heavy atom. The second-order valence-corrected chi connectivity index (χ2v) is 6.46. The first-order valence-electron chi connectivity index (χ1n) is 8.84. The molecule has 6 nitrogen and oxygen atoms in total. The molecule has 1 aromatic carbocycles. The van der Waals surface area contributed by atoms with Gasteiger partial charge in [0.15, 0.2) is 5.60 Å². The molecule has 0 aliphatic heterocycles. The number of rotatable bonds is 6. The Morgan fingerprint density at radius 1 is 1.07 bits per heavy atom. The van der Waals surface area contributed by atoms with Gasteiger partial charge in [-0.3, -0.25) is 10.3 Å². The fraction of sp³-hybridized carbons (Fsp3) is 0.190. The standard InChI is InChI=1S/C21H21ClN4O2/c1-3-23-20(27)26-19-12-9-16(14-25-19)21(28-2,18-6-4-5-13-24-18)15-7-10-17(22)11-8-15/h4-14H,3H2,1-2H3,(H2,23,25,26,27). The molecule has 3 aromatic rings. The summed E-state index contributed by atoms with van der Waals surface area (Å²) in [5, 5.41) is 5.99. The van der Waals surface area contributed by atoms with E-state index in [-0.39, 0.29) is 6.03 Å². The topological polar surface area (TPSA) is 76.1 Å². The molecule has 0 saturated heterocycles. The molecule has 3 rings (SSSR count). The molecule has 0 spiro atoms. The number of methoxy groups -OCH3 is 1. The Kier molecular flexibility index (Phi) is 6.23. The molecule has 144 valence electrons. The van der Waals surface area contributed by atoms with Crippen LogP contribution in [0.3, 0.4) is 0 Å². The maximum absolute atomic E-state index is 11.7. The average Bonchev–Trinajstić information content (AvgIpc) is 2.72. The number of benzene rings is 1. The molecule has 0 fully saturated rings. The lowest BCUT2D eigenvalue weighted by atomic mass is 9.83. The van der Waals surface area contributed by atoms with Crippen LogP contribution in [0.15, 0.2) is 67.0 Å². The van der Waals surface area contributed by atoms with E-state index >= 15 is 0 Å². The van der Waals surface area contributed by atoms with Crippen LogP contribution in [0.25, 0.3) is 0 Å². The van der Waals surface area contributed by atoms with Crippen molar-refractivity contribution in [3.05, 3.63) is 88.8 Å². The van der Waals surface area contributed by atoms with Gasteiger partial charge in [0.05, 0.1) is 5.69 Å². The maximum atomic E-state index is 11.7. The summed E-state index contributed by atoms with van der Waals surface area (Å²) in [6.07, 6.45) is 3.39. The van der Waals surface area contributed by atoms with Gasteiger partial charge in [-0.2, -0.15) is 0 Å². The molecule has 2 N–H and O–H groups in total. The molecule has 0 bridgehead atoms. The number of amides is 2. The normalized spacial score (nSPS) is 12.8. The van der Waals surface area contributed by atoms with Gasteiger partial charge in [0, 0.05) is 36.6 Å². The van der Waals surface area contributed by atoms with Gasteiger partial charge in [0.1, 0.15) is 5.82 Å². The van der Waals surface area contributed by atoms with E-state index < -0.39 is 5.60 Å². The zero-order valence-corrected chi connectivity index (χ0v) is 16.4. The fourth-order valence-electron chi connectivity index (χ4n) is 3.06. The number of ether oxygens (including phenoxy) is 1. The SMILES string of the molecule is CCNC(=O)Nc1ccc(C(OC)(c2ccc(Cl)cc2)c2ccccn2)cn1. The second-order valence-electron chi connectivity index (χ2n) is 6.02. The molecule has 2 amide bonds. The highest BCUT2D eigenvalue weighted by atomic mass is 35.5. The number of hydrogen-bond acceptors (Lipinski definition) is 4. The summed E-state index contributed by atoms with van der Waals surface area (Å²) in [6.45, 7) is 2.38. The van der Waals surface area contributed by atoms with Gasteiger partial charge in [0.25, 0.3) is 0 Å². The van der Waals surface area contributed by atoms with Crippen molar-refractivity contribution in [3.8, 4) is 0 Å². The van der Waals surface area contributed by atoms with Crippen LogP contribution in [0.4, 0.5) is 10.6 Å². The van der Waals surface area contributed by atoms with Crippen molar-refractivity contribution in [2.24, 2.45) is 0 Å². The molecule has 0 saturated carbocycles. The van der Waals surface area contributed by atoms with Gasteiger partial charge in [-0.1, -0.05) is 35.9 Å². The molecule has 1 atom stereocenters. The second kappa shape index (κ2) is 8.82. The van der Waals surface area contributed by atoms with Gasteiger partial charge in [0.2, 0.25) is 0 Å². The highest BCUT2D eigenvalue weighted by molar-refractivity contribution is 6.30. The van der Waals surface area contributed by atoms with Crippen LogP contribution in [-0.2, 0) is 10.3 Å². The summed E-state index contributed by atoms with van der Waals surface area (Å²) in [6, 6.07) is 16.4. The minimum absolute atomic E-state index is 0.303. The first-order valence-corrected chi connectivity index (χ1v) is 9.22. The van der Waals surface area contributed by atoms with Crippen LogP contribution in [-0.4, -0.2) is 29.7 Å². The van der Waals surface area contributed by atoms with Crippen molar-refractivity contribution in [3.63, 3.8) is 0 Å². The summed E-state index contributed by atoms with van der Waals surface area (Å²) in [4.78, 5) is 20.6. The van der Waals surface area contributed by atoms with Crippen LogP contribution < -0.4 is 10.6 Å². The molecule has 28 heavy (non-hydrogen) atoms. The van der Waals surface area contributed by atoms with Gasteiger partial charge in [-0.05, 0) is 42.8 Å². The Labute approximate surface area is 168 Å². The maximum Gasteiger partial charge on any atom is 0.320 e. The summed E-state index contributed by atoms with van der Waals surface area (Å²) < 4.78 is 6.05. The molecule has 7 heteroatoms. The number of anilines is 1. The summed E-state index contributed by atoms with van der Waals surface area (Å²) in [7, 11) is 1.63. The van der Waals surface area contributed by atoms with E-state index in [0.717, 1.165) is 11.1 Å². The Balaban J connectivity index is 2.07. The molecule has 1 unspecified atom stereocenters. The number of halogens is 1. The van der Waals surface area contributed by atoms with Crippen molar-refractivity contribution >= 4 is 23.4 Å². The van der Waals surface area contributed by atoms with Gasteiger partial charge < -0.3 is 10.1 Å². The smallest absolute Gasteiger partial charge is 0.320 e. The van der Waals surface area contributed by atoms with Crippen LogP contribution in [0, 0.1) is 0 Å². The van der Waals surface area contributed by atoms with E-state index in [4.69, 9.17) is 16.3 Å². The van der Waals surface area contributed by atoms with Crippen LogP contribution in [0.1, 0.15) is 23.7 Å². The third-order valence-corrected chi connectivity index (χ3v) is 4.58. The van der Waals surface area contributed by atoms with E-state index in [1.807, 2.05) is 55.5 Å². The zero-order valence-electron chi connectivity index (χ0n) is 15.6. The number of nitrogens with zero attached hydrogens (tertiary/aromatic N) is 2. The predicted molar refractivity (Wildman–Crippen MR) is 110 cm³/mol. The molecular weight excluding hydrogens is 376 g/mol. The van der Waals surface area contributed by atoms with Crippen LogP contribution in [0.2, 0.25) is 5.02 Å². The number of hydrogen-bond donors (Lipinski definition) is 2. The number of pyridine rings is 2. The summed E-state index contributed by atoms with van der Waals surface area (Å²) in [5.41, 5.74) is 1.39. The lowest BCUT2D eigenvalue weighted by Crippen LogP contribution is -2.33. The van der Waals surface area contributed by atoms with E-state index in [9.17, 15) is 4.79 Å². The minimum Gasteiger partial charge on any atom is -0.362 e. The fourth-order valence-corrected chi connectivity index (χ4v) is 3.18. The first-order chi connectivity index (χ1) is 13.6. The third-order valence-electron chi connectivity index (χ3n) is 4.33. The van der Waals surface area contributed by atoms with Crippen LogP contribution >= 0.6 is 11.6 Å². The molecule has 0 aliphatic rings. The highest BCUT2D eigenvalue weighted by Crippen LogP contribution is 2.39. The Hall–Kier alpha value is -2.96. The van der Waals surface area contributed by atoms with Crippen molar-refractivity contribution in [2.45, 2.75) is 12.5 Å². The molecular formula is C21H21ClN4O2. The Morgan fingerprint density at radius 3 is 2.39 bits per heavy atom. The molecule has 2 heterocycles. The van der Waals surface area contributed by atoms with E-state index in [2.05, 4.69) is 20.6 Å². The largest absolute Gasteiger partial charge is 0.362 e. The lowest BCUT2D eigenvalue weighted by Gasteiger charge is -2.33. The summed E-state index contributed by atoms with van der Waals surface area (Å²) >= 11 is 6.08. The number of urea groups is 1. The highest BCUT2D eigenvalue weighted by Gasteiger charge is 2.38. The van der Waals surface area contributed by atoms with Crippen LogP contribution in [0.5, 0.6) is 0 Å². The van der Waals surface area contributed by atoms with Crippen molar-refractivity contribution in [2.75, 3.05) is 19.0 Å². The average molecular weight is 397 g/mol. The first kappa shape index (κ1) is 19.8.